The van der Waals surface area contributed by atoms with Gasteiger partial charge in [0, 0.05) is 19.2 Å². The van der Waals surface area contributed by atoms with E-state index in [0.717, 1.165) is 18.8 Å². The number of rotatable bonds is 1. The van der Waals surface area contributed by atoms with Crippen LogP contribution < -0.4 is 4.90 Å². The highest BCUT2D eigenvalue weighted by molar-refractivity contribution is 6.29. The van der Waals surface area contributed by atoms with Gasteiger partial charge in [-0.15, -0.1) is 0 Å². The highest BCUT2D eigenvalue weighted by Gasteiger charge is 2.21. The van der Waals surface area contributed by atoms with E-state index in [1.165, 1.54) is 6.33 Å². The van der Waals surface area contributed by atoms with Crippen molar-refractivity contribution in [3.05, 3.63) is 17.5 Å². The molecule has 0 saturated carbocycles. The maximum atomic E-state index is 9.31. The van der Waals surface area contributed by atoms with Crippen LogP contribution >= 0.6 is 11.6 Å². The third kappa shape index (κ3) is 1.89. The van der Waals surface area contributed by atoms with Crippen LogP contribution in [-0.4, -0.2) is 34.3 Å². The second-order valence-corrected chi connectivity index (χ2v) is 3.47. The van der Waals surface area contributed by atoms with Crippen molar-refractivity contribution in [1.29, 1.82) is 0 Å². The predicted molar refractivity (Wildman–Crippen MR) is 49.9 cm³/mol. The minimum Gasteiger partial charge on any atom is -0.391 e. The van der Waals surface area contributed by atoms with Gasteiger partial charge in [0.15, 0.2) is 0 Å². The fourth-order valence-corrected chi connectivity index (χ4v) is 1.59. The topological polar surface area (TPSA) is 49.2 Å². The number of halogens is 1. The molecule has 0 radical (unpaired) electrons. The van der Waals surface area contributed by atoms with Crippen molar-refractivity contribution in [2.75, 3.05) is 18.0 Å². The summed E-state index contributed by atoms with van der Waals surface area (Å²) in [4.78, 5) is 9.87. The largest absolute Gasteiger partial charge is 0.391 e. The van der Waals surface area contributed by atoms with Gasteiger partial charge in [-0.25, -0.2) is 9.97 Å². The van der Waals surface area contributed by atoms with Crippen LogP contribution in [0.2, 0.25) is 5.15 Å². The van der Waals surface area contributed by atoms with Crippen LogP contribution in [0.4, 0.5) is 5.82 Å². The lowest BCUT2D eigenvalue weighted by atomic mass is 10.3. The maximum Gasteiger partial charge on any atom is 0.134 e. The number of anilines is 1. The van der Waals surface area contributed by atoms with E-state index in [4.69, 9.17) is 11.6 Å². The average molecular weight is 200 g/mol. The molecule has 0 spiro atoms. The molecule has 2 rings (SSSR count). The zero-order valence-electron chi connectivity index (χ0n) is 7.02. The van der Waals surface area contributed by atoms with Gasteiger partial charge in [0.1, 0.15) is 17.3 Å². The lowest BCUT2D eigenvalue weighted by molar-refractivity contribution is 0.198. The highest BCUT2D eigenvalue weighted by Crippen LogP contribution is 2.19. The number of nitrogens with zero attached hydrogens (tertiary/aromatic N) is 3. The van der Waals surface area contributed by atoms with Crippen LogP contribution in [0.5, 0.6) is 0 Å². The Kier molecular flexibility index (Phi) is 2.33. The molecule has 0 aromatic carbocycles. The first-order chi connectivity index (χ1) is 6.25. The van der Waals surface area contributed by atoms with E-state index in [-0.39, 0.29) is 6.10 Å². The summed E-state index contributed by atoms with van der Waals surface area (Å²) in [6.45, 7) is 1.46. The monoisotopic (exact) mass is 199 g/mol. The highest BCUT2D eigenvalue weighted by atomic mass is 35.5. The Morgan fingerprint density at radius 2 is 2.38 bits per heavy atom. The van der Waals surface area contributed by atoms with E-state index in [9.17, 15) is 5.11 Å². The molecule has 1 aromatic heterocycles. The van der Waals surface area contributed by atoms with Crippen LogP contribution in [0.25, 0.3) is 0 Å². The minimum absolute atomic E-state index is 0.242. The summed E-state index contributed by atoms with van der Waals surface area (Å²) in [6, 6.07) is 1.71. The summed E-state index contributed by atoms with van der Waals surface area (Å²) in [6.07, 6.45) is 1.98. The Morgan fingerprint density at radius 3 is 3.00 bits per heavy atom. The van der Waals surface area contributed by atoms with Gasteiger partial charge in [-0.05, 0) is 6.42 Å². The van der Waals surface area contributed by atoms with Crippen LogP contribution in [0.15, 0.2) is 12.4 Å². The van der Waals surface area contributed by atoms with Gasteiger partial charge in [0.2, 0.25) is 0 Å². The number of β-amino-alcohol motifs (C(OH)–C–C–N with tert-alkyl or cyclic N) is 1. The van der Waals surface area contributed by atoms with Crippen molar-refractivity contribution in [2.24, 2.45) is 0 Å². The number of aliphatic hydroxyl groups excluding tert-OH is 1. The molecule has 1 unspecified atom stereocenters. The zero-order chi connectivity index (χ0) is 9.26. The van der Waals surface area contributed by atoms with E-state index < -0.39 is 0 Å². The molecule has 5 heteroatoms. The molecule has 1 N–H and O–H groups in total. The summed E-state index contributed by atoms with van der Waals surface area (Å²) in [7, 11) is 0. The fraction of sp³-hybridized carbons (Fsp3) is 0.500. The molecule has 0 aliphatic carbocycles. The first-order valence-corrected chi connectivity index (χ1v) is 4.54. The van der Waals surface area contributed by atoms with Gasteiger partial charge in [-0.2, -0.15) is 0 Å². The standard InChI is InChI=1S/C8H10ClN3O/c9-7-3-8(11-5-10-7)12-2-1-6(13)4-12/h3,5-6,13H,1-2,4H2. The SMILES string of the molecule is OC1CCN(c2cc(Cl)ncn2)C1. The first kappa shape index (κ1) is 8.72. The van der Waals surface area contributed by atoms with Gasteiger partial charge < -0.3 is 10.0 Å². The number of hydrogen-bond donors (Lipinski definition) is 1. The van der Waals surface area contributed by atoms with Crippen LogP contribution in [0, 0.1) is 0 Å². The van der Waals surface area contributed by atoms with Gasteiger partial charge in [-0.1, -0.05) is 11.6 Å². The van der Waals surface area contributed by atoms with Crippen molar-refractivity contribution >= 4 is 17.4 Å². The van der Waals surface area contributed by atoms with Crippen LogP contribution in [0.1, 0.15) is 6.42 Å². The molecule has 1 aromatic rings. The number of aromatic nitrogens is 2. The molecule has 1 aliphatic rings. The van der Waals surface area contributed by atoms with E-state index in [1.807, 2.05) is 4.90 Å². The Balaban J connectivity index is 2.16. The van der Waals surface area contributed by atoms with E-state index in [1.54, 1.807) is 6.07 Å². The molecule has 1 saturated heterocycles. The number of hydrogen-bond acceptors (Lipinski definition) is 4. The van der Waals surface area contributed by atoms with Crippen molar-refractivity contribution in [3.63, 3.8) is 0 Å². The Labute approximate surface area is 81.2 Å². The molecule has 4 nitrogen and oxygen atoms in total. The quantitative estimate of drug-likeness (QED) is 0.677. The molecule has 2 heterocycles. The molecular formula is C8H10ClN3O. The molecule has 1 fully saturated rings. The van der Waals surface area contributed by atoms with Gasteiger partial charge in [0.05, 0.1) is 6.10 Å². The molecule has 1 aliphatic heterocycles. The summed E-state index contributed by atoms with van der Waals surface area (Å²) in [5.41, 5.74) is 0. The minimum atomic E-state index is -0.242. The Bertz CT molecular complexity index is 307. The Hall–Kier alpha value is -0.870. The maximum absolute atomic E-state index is 9.31. The van der Waals surface area contributed by atoms with Gasteiger partial charge in [0.25, 0.3) is 0 Å². The van der Waals surface area contributed by atoms with Gasteiger partial charge in [-0.3, -0.25) is 0 Å². The van der Waals surface area contributed by atoms with Crippen molar-refractivity contribution < 1.29 is 5.11 Å². The van der Waals surface area contributed by atoms with Gasteiger partial charge >= 0.3 is 0 Å². The summed E-state index contributed by atoms with van der Waals surface area (Å²) in [5.74, 6) is 0.788. The fourth-order valence-electron chi connectivity index (χ4n) is 1.45. The predicted octanol–water partition coefficient (Wildman–Crippen LogP) is 0.701. The average Bonchev–Trinajstić information content (AvgIpc) is 2.52. The lowest BCUT2D eigenvalue weighted by Crippen LogP contribution is -2.22. The molecule has 1 atom stereocenters. The summed E-state index contributed by atoms with van der Waals surface area (Å²) >= 11 is 5.72. The molecule has 70 valence electrons. The molecule has 0 amide bonds. The normalized spacial score (nSPS) is 22.3. The van der Waals surface area contributed by atoms with E-state index >= 15 is 0 Å². The second kappa shape index (κ2) is 3.47. The van der Waals surface area contributed by atoms with Crippen molar-refractivity contribution in [2.45, 2.75) is 12.5 Å². The van der Waals surface area contributed by atoms with E-state index in [0.29, 0.717) is 11.7 Å². The third-order valence-electron chi connectivity index (χ3n) is 2.11. The smallest absolute Gasteiger partial charge is 0.134 e. The second-order valence-electron chi connectivity index (χ2n) is 3.09. The summed E-state index contributed by atoms with van der Waals surface area (Å²) < 4.78 is 0. The molecule has 13 heavy (non-hydrogen) atoms. The van der Waals surface area contributed by atoms with Crippen molar-refractivity contribution in [3.8, 4) is 0 Å². The molecule has 0 bridgehead atoms. The van der Waals surface area contributed by atoms with Crippen LogP contribution in [-0.2, 0) is 0 Å². The summed E-state index contributed by atoms with van der Waals surface area (Å²) in [5, 5.41) is 9.75. The zero-order valence-corrected chi connectivity index (χ0v) is 7.78. The lowest BCUT2D eigenvalue weighted by Gasteiger charge is -2.15. The third-order valence-corrected chi connectivity index (χ3v) is 2.31. The van der Waals surface area contributed by atoms with E-state index in [2.05, 4.69) is 9.97 Å². The van der Waals surface area contributed by atoms with Crippen molar-refractivity contribution in [1.82, 2.24) is 9.97 Å². The van der Waals surface area contributed by atoms with Crippen LogP contribution in [0.3, 0.4) is 0 Å². The molecular weight excluding hydrogens is 190 g/mol. The Morgan fingerprint density at radius 1 is 1.54 bits per heavy atom. The number of aliphatic hydroxyl groups is 1. The first-order valence-electron chi connectivity index (χ1n) is 4.16.